The van der Waals surface area contributed by atoms with E-state index in [1.807, 2.05) is 19.0 Å². The van der Waals surface area contributed by atoms with E-state index in [4.69, 9.17) is 5.11 Å². The highest BCUT2D eigenvalue weighted by Crippen LogP contribution is 2.29. The Morgan fingerprint density at radius 2 is 2.18 bits per heavy atom. The summed E-state index contributed by atoms with van der Waals surface area (Å²) in [6, 6.07) is 1.36. The van der Waals surface area contributed by atoms with Crippen LogP contribution >= 0.6 is 0 Å². The summed E-state index contributed by atoms with van der Waals surface area (Å²) in [6.07, 6.45) is 1.78. The van der Waals surface area contributed by atoms with Crippen LogP contribution in [0.1, 0.15) is 16.8 Å². The van der Waals surface area contributed by atoms with Gasteiger partial charge in [-0.2, -0.15) is 0 Å². The molecule has 2 rings (SSSR count). The second-order valence-electron chi connectivity index (χ2n) is 5.13. The average molecular weight is 304 g/mol. The minimum absolute atomic E-state index is 0.0201. The van der Waals surface area contributed by atoms with Gasteiger partial charge in [0.2, 0.25) is 0 Å². The Balaban J connectivity index is 2.81. The molecule has 1 heterocycles. The lowest BCUT2D eigenvalue weighted by atomic mass is 10.0. The molecule has 116 valence electrons. The number of nitro groups is 1. The van der Waals surface area contributed by atoms with E-state index in [1.165, 1.54) is 12.3 Å². The van der Waals surface area contributed by atoms with E-state index >= 15 is 0 Å². The third kappa shape index (κ3) is 2.82. The van der Waals surface area contributed by atoms with Gasteiger partial charge in [0, 0.05) is 23.7 Å². The van der Waals surface area contributed by atoms with Crippen LogP contribution in [0.15, 0.2) is 18.5 Å². The van der Waals surface area contributed by atoms with Crippen molar-refractivity contribution in [3.05, 3.63) is 45.5 Å². The predicted molar refractivity (Wildman–Crippen MR) is 81.6 cm³/mol. The van der Waals surface area contributed by atoms with Crippen molar-refractivity contribution in [2.75, 3.05) is 14.1 Å². The Bertz CT molecular complexity index is 771. The highest BCUT2D eigenvalue weighted by Gasteiger charge is 2.20. The molecule has 1 aromatic heterocycles. The minimum Gasteiger partial charge on any atom is -0.512 e. The largest absolute Gasteiger partial charge is 0.512 e. The molecule has 0 radical (unpaired) electrons. The van der Waals surface area contributed by atoms with Gasteiger partial charge < -0.3 is 15.1 Å². The highest BCUT2D eigenvalue weighted by molar-refractivity contribution is 5.84. The molecule has 2 aromatic rings. The molecule has 8 heteroatoms. The van der Waals surface area contributed by atoms with E-state index in [-0.39, 0.29) is 11.4 Å². The molecule has 0 atom stereocenters. The maximum atomic E-state index is 11.2. The van der Waals surface area contributed by atoms with Crippen LogP contribution in [0.5, 0.6) is 0 Å². The van der Waals surface area contributed by atoms with E-state index in [0.29, 0.717) is 35.0 Å². The molecule has 0 bridgehead atoms. The van der Waals surface area contributed by atoms with Gasteiger partial charge >= 0.3 is 0 Å². The van der Waals surface area contributed by atoms with Gasteiger partial charge in [-0.05, 0) is 21.0 Å². The van der Waals surface area contributed by atoms with Crippen molar-refractivity contribution in [1.29, 1.82) is 0 Å². The van der Waals surface area contributed by atoms with Gasteiger partial charge in [0.05, 0.1) is 22.2 Å². The first-order chi connectivity index (χ1) is 10.3. The second-order valence-corrected chi connectivity index (χ2v) is 5.13. The van der Waals surface area contributed by atoms with Gasteiger partial charge in [-0.25, -0.2) is 4.98 Å². The molecule has 0 aliphatic carbocycles. The number of fused-ring (bicyclic) bond motifs is 1. The molecule has 0 amide bonds. The number of hydrogen-bond acceptors (Lipinski definition) is 7. The number of aliphatic hydroxyl groups is 2. The Morgan fingerprint density at radius 1 is 1.50 bits per heavy atom. The fourth-order valence-electron chi connectivity index (χ4n) is 2.18. The topological polar surface area (TPSA) is 113 Å². The van der Waals surface area contributed by atoms with Crippen LogP contribution < -0.4 is 0 Å². The monoisotopic (exact) mass is 304 g/mol. The SMILES string of the molecule is Cc1c([N+](=O)[O-])cc2ncc(C(O)=CO)nc2c1CN(C)C. The number of aliphatic hydroxyl groups excluding tert-OH is 2. The minimum atomic E-state index is -0.450. The quantitative estimate of drug-likeness (QED) is 0.506. The third-order valence-electron chi connectivity index (χ3n) is 3.25. The molecule has 1 aromatic carbocycles. The average Bonchev–Trinajstić information content (AvgIpc) is 2.47. The van der Waals surface area contributed by atoms with Crippen molar-refractivity contribution in [3.63, 3.8) is 0 Å². The highest BCUT2D eigenvalue weighted by atomic mass is 16.6. The fourth-order valence-corrected chi connectivity index (χ4v) is 2.18. The second kappa shape index (κ2) is 5.94. The van der Waals surface area contributed by atoms with Crippen LogP contribution in [0.3, 0.4) is 0 Å². The lowest BCUT2D eigenvalue weighted by Gasteiger charge is -2.15. The molecule has 8 nitrogen and oxygen atoms in total. The number of rotatable bonds is 4. The van der Waals surface area contributed by atoms with Crippen LogP contribution in [0.2, 0.25) is 0 Å². The van der Waals surface area contributed by atoms with Gasteiger partial charge in [0.15, 0.2) is 5.76 Å². The lowest BCUT2D eigenvalue weighted by Crippen LogP contribution is -2.14. The molecule has 0 fully saturated rings. The van der Waals surface area contributed by atoms with Crippen molar-refractivity contribution in [2.45, 2.75) is 13.5 Å². The molecular weight excluding hydrogens is 288 g/mol. The summed E-state index contributed by atoms with van der Waals surface area (Å²) in [5.41, 5.74) is 2.07. The maximum absolute atomic E-state index is 11.2. The molecular formula is C14H16N4O4. The summed E-state index contributed by atoms with van der Waals surface area (Å²) < 4.78 is 0. The first-order valence-corrected chi connectivity index (χ1v) is 6.47. The first kappa shape index (κ1) is 15.6. The first-order valence-electron chi connectivity index (χ1n) is 6.47. The Labute approximate surface area is 126 Å². The zero-order chi connectivity index (χ0) is 16.4. The summed E-state index contributed by atoms with van der Waals surface area (Å²) in [7, 11) is 3.68. The van der Waals surface area contributed by atoms with Crippen molar-refractivity contribution < 1.29 is 15.1 Å². The number of benzene rings is 1. The van der Waals surface area contributed by atoms with Crippen LogP contribution in [-0.2, 0) is 6.54 Å². The molecule has 0 unspecified atom stereocenters. The van der Waals surface area contributed by atoms with Crippen molar-refractivity contribution >= 4 is 22.5 Å². The van der Waals surface area contributed by atoms with Crippen molar-refractivity contribution in [2.24, 2.45) is 0 Å². The Kier molecular flexibility index (Phi) is 4.22. The molecule has 0 spiro atoms. The van der Waals surface area contributed by atoms with Gasteiger partial charge in [-0.3, -0.25) is 15.1 Å². The van der Waals surface area contributed by atoms with Crippen LogP contribution in [0.4, 0.5) is 5.69 Å². The number of aromatic nitrogens is 2. The van der Waals surface area contributed by atoms with Gasteiger partial charge in [-0.1, -0.05) is 0 Å². The van der Waals surface area contributed by atoms with E-state index in [1.54, 1.807) is 6.92 Å². The smallest absolute Gasteiger partial charge is 0.274 e. The number of nitro benzene ring substituents is 1. The molecule has 0 saturated heterocycles. The van der Waals surface area contributed by atoms with Crippen molar-refractivity contribution in [3.8, 4) is 0 Å². The fraction of sp³-hybridized carbons (Fsp3) is 0.286. The van der Waals surface area contributed by atoms with Crippen LogP contribution in [0, 0.1) is 17.0 Å². The molecule has 0 aliphatic rings. The van der Waals surface area contributed by atoms with Crippen LogP contribution in [-0.4, -0.2) is 44.1 Å². The lowest BCUT2D eigenvalue weighted by molar-refractivity contribution is -0.385. The summed E-state index contributed by atoms with van der Waals surface area (Å²) >= 11 is 0. The molecule has 0 saturated carbocycles. The molecule has 0 aliphatic heterocycles. The van der Waals surface area contributed by atoms with E-state index < -0.39 is 10.7 Å². The predicted octanol–water partition coefficient (Wildman–Crippen LogP) is 2.32. The summed E-state index contributed by atoms with van der Waals surface area (Å²) in [5, 5.41) is 29.6. The Morgan fingerprint density at radius 3 is 2.73 bits per heavy atom. The number of hydrogen-bond donors (Lipinski definition) is 2. The standard InChI is InChI=1S/C14H16N4O4/c1-8-9(6-17(2)3)14-10(4-12(8)18(21)22)15-5-11(16-14)13(20)7-19/h4-5,7,19-20H,6H2,1-3H3. The van der Waals surface area contributed by atoms with Gasteiger partial charge in [0.25, 0.3) is 5.69 Å². The molecule has 2 N–H and O–H groups in total. The Hall–Kier alpha value is -2.74. The summed E-state index contributed by atoms with van der Waals surface area (Å²) in [6.45, 7) is 2.10. The maximum Gasteiger partial charge on any atom is 0.274 e. The van der Waals surface area contributed by atoms with E-state index in [0.717, 1.165) is 0 Å². The van der Waals surface area contributed by atoms with Crippen molar-refractivity contribution in [1.82, 2.24) is 14.9 Å². The zero-order valence-corrected chi connectivity index (χ0v) is 12.4. The number of nitrogens with zero attached hydrogens (tertiary/aromatic N) is 4. The van der Waals surface area contributed by atoms with Gasteiger partial charge in [-0.15, -0.1) is 0 Å². The van der Waals surface area contributed by atoms with Gasteiger partial charge in [0.1, 0.15) is 12.0 Å². The summed E-state index contributed by atoms with van der Waals surface area (Å²) in [4.78, 5) is 21.0. The van der Waals surface area contributed by atoms with E-state index in [9.17, 15) is 15.2 Å². The van der Waals surface area contributed by atoms with Crippen LogP contribution in [0.25, 0.3) is 16.8 Å². The molecule has 22 heavy (non-hydrogen) atoms. The normalized spacial score (nSPS) is 12.1. The zero-order valence-electron chi connectivity index (χ0n) is 12.4. The summed E-state index contributed by atoms with van der Waals surface area (Å²) in [5.74, 6) is -0.416. The van der Waals surface area contributed by atoms with E-state index in [2.05, 4.69) is 9.97 Å². The third-order valence-corrected chi connectivity index (χ3v) is 3.25.